The Bertz CT molecular complexity index is 1340. The minimum Gasteiger partial charge on any atom is -0.344 e. The lowest BCUT2D eigenvalue weighted by Crippen LogP contribution is -2.09. The van der Waals surface area contributed by atoms with Gasteiger partial charge in [-0.05, 0) is 51.6 Å². The molecular weight excluding hydrogens is 362 g/mol. The van der Waals surface area contributed by atoms with Crippen LogP contribution in [-0.4, -0.2) is 7.05 Å². The third-order valence-electron chi connectivity index (χ3n) is 5.65. The Hall–Kier alpha value is -3.84. The van der Waals surface area contributed by atoms with Crippen LogP contribution in [0.15, 0.2) is 109 Å². The first kappa shape index (κ1) is 18.2. The quantitative estimate of drug-likeness (QED) is 0.284. The highest BCUT2D eigenvalue weighted by atomic mass is 15.1. The molecule has 0 spiro atoms. The van der Waals surface area contributed by atoms with Crippen molar-refractivity contribution in [3.8, 4) is 0 Å². The van der Waals surface area contributed by atoms with Gasteiger partial charge in [0.05, 0.1) is 0 Å². The van der Waals surface area contributed by atoms with E-state index in [0.717, 1.165) is 0 Å². The van der Waals surface area contributed by atoms with E-state index < -0.39 is 0 Å². The van der Waals surface area contributed by atoms with Gasteiger partial charge in [0, 0.05) is 23.8 Å². The zero-order chi connectivity index (χ0) is 20.3. The summed E-state index contributed by atoms with van der Waals surface area (Å²) >= 11 is 0. The summed E-state index contributed by atoms with van der Waals surface area (Å²) in [4.78, 5) is 2.25. The summed E-state index contributed by atoms with van der Waals surface area (Å²) < 4.78 is 0. The fourth-order valence-corrected chi connectivity index (χ4v) is 3.95. The maximum absolute atomic E-state index is 2.25. The van der Waals surface area contributed by atoms with Gasteiger partial charge in [-0.3, -0.25) is 0 Å². The Morgan fingerprint density at radius 2 is 1.17 bits per heavy atom. The second kappa shape index (κ2) is 7.88. The van der Waals surface area contributed by atoms with Crippen LogP contribution >= 0.6 is 0 Å². The Morgan fingerprint density at radius 3 is 2.00 bits per heavy atom. The fourth-order valence-electron chi connectivity index (χ4n) is 3.95. The molecule has 5 aromatic carbocycles. The smallest absolute Gasteiger partial charge is 0.0487 e. The lowest BCUT2D eigenvalue weighted by molar-refractivity contribution is 1.22. The van der Waals surface area contributed by atoms with E-state index in [-0.39, 0.29) is 0 Å². The van der Waals surface area contributed by atoms with Gasteiger partial charge < -0.3 is 4.90 Å². The molecule has 144 valence electrons. The van der Waals surface area contributed by atoms with E-state index in [1.807, 2.05) is 0 Å². The Balaban J connectivity index is 1.38. The average molecular weight is 386 g/mol. The molecule has 0 N–H and O–H groups in total. The maximum atomic E-state index is 2.25. The molecule has 0 unspecified atom stereocenters. The number of nitrogens with zero attached hydrogens (tertiary/aromatic N) is 1. The first-order valence-electron chi connectivity index (χ1n) is 10.3. The van der Waals surface area contributed by atoms with Crippen molar-refractivity contribution in [2.45, 2.75) is 0 Å². The van der Waals surface area contributed by atoms with Gasteiger partial charge in [-0.2, -0.15) is 0 Å². The SMILES string of the molecule is CN(c1ccc(/C=C/c2ccc3ccccc3c2)cc1)c1cccc2ccccc12. The van der Waals surface area contributed by atoms with Crippen molar-refractivity contribution in [3.05, 3.63) is 120 Å². The number of hydrogen-bond donors (Lipinski definition) is 0. The summed E-state index contributed by atoms with van der Waals surface area (Å²) in [6.07, 6.45) is 4.35. The molecule has 1 heteroatoms. The van der Waals surface area contributed by atoms with Gasteiger partial charge in [-0.1, -0.05) is 97.1 Å². The van der Waals surface area contributed by atoms with Crippen LogP contribution in [0.3, 0.4) is 0 Å². The normalized spacial score (nSPS) is 11.4. The van der Waals surface area contributed by atoms with E-state index in [0.29, 0.717) is 0 Å². The maximum Gasteiger partial charge on any atom is 0.0487 e. The molecule has 0 aliphatic rings. The van der Waals surface area contributed by atoms with E-state index >= 15 is 0 Å². The van der Waals surface area contributed by atoms with Crippen LogP contribution in [0.1, 0.15) is 11.1 Å². The summed E-state index contributed by atoms with van der Waals surface area (Å²) in [7, 11) is 2.13. The predicted molar refractivity (Wildman–Crippen MR) is 131 cm³/mol. The van der Waals surface area contributed by atoms with Crippen LogP contribution < -0.4 is 4.90 Å². The number of benzene rings is 5. The molecule has 0 bridgehead atoms. The highest BCUT2D eigenvalue weighted by Crippen LogP contribution is 2.31. The highest BCUT2D eigenvalue weighted by Gasteiger charge is 2.07. The number of anilines is 2. The monoisotopic (exact) mass is 385 g/mol. The number of hydrogen-bond acceptors (Lipinski definition) is 1. The lowest BCUT2D eigenvalue weighted by atomic mass is 10.1. The van der Waals surface area contributed by atoms with Gasteiger partial charge in [-0.15, -0.1) is 0 Å². The molecule has 0 aliphatic heterocycles. The second-order valence-corrected chi connectivity index (χ2v) is 7.59. The van der Waals surface area contributed by atoms with E-state index in [4.69, 9.17) is 0 Å². The van der Waals surface area contributed by atoms with Gasteiger partial charge in [0.2, 0.25) is 0 Å². The minimum atomic E-state index is 1.18. The third kappa shape index (κ3) is 3.58. The topological polar surface area (TPSA) is 3.24 Å². The Morgan fingerprint density at radius 1 is 0.533 bits per heavy atom. The van der Waals surface area contributed by atoms with Gasteiger partial charge in [0.1, 0.15) is 0 Å². The molecule has 0 radical (unpaired) electrons. The first-order valence-corrected chi connectivity index (χ1v) is 10.3. The van der Waals surface area contributed by atoms with Crippen LogP contribution in [0.25, 0.3) is 33.7 Å². The molecule has 0 aliphatic carbocycles. The van der Waals surface area contributed by atoms with Crippen molar-refractivity contribution in [1.82, 2.24) is 0 Å². The molecule has 5 rings (SSSR count). The van der Waals surface area contributed by atoms with E-state index in [1.54, 1.807) is 0 Å². The molecule has 0 saturated heterocycles. The predicted octanol–water partition coefficient (Wildman–Crippen LogP) is 7.93. The van der Waals surface area contributed by atoms with Crippen molar-refractivity contribution in [3.63, 3.8) is 0 Å². The third-order valence-corrected chi connectivity index (χ3v) is 5.65. The van der Waals surface area contributed by atoms with E-state index in [1.165, 1.54) is 44.0 Å². The standard InChI is InChI=1S/C29H23N/c1-30(29-12-6-10-25-8-4-5-11-28(25)29)27-19-16-22(17-20-27)13-14-23-15-18-24-7-2-3-9-26(24)21-23/h2-21H,1H3/b14-13+. The molecule has 1 nitrogen and oxygen atoms in total. The van der Waals surface area contributed by atoms with Crippen LogP contribution in [0.2, 0.25) is 0 Å². The van der Waals surface area contributed by atoms with Crippen LogP contribution in [0.5, 0.6) is 0 Å². The van der Waals surface area contributed by atoms with Crippen LogP contribution in [0, 0.1) is 0 Å². The zero-order valence-corrected chi connectivity index (χ0v) is 17.0. The summed E-state index contributed by atoms with van der Waals surface area (Å²) in [5.74, 6) is 0. The van der Waals surface area contributed by atoms with Gasteiger partial charge in [-0.25, -0.2) is 0 Å². The molecule has 0 atom stereocenters. The molecule has 30 heavy (non-hydrogen) atoms. The van der Waals surface area contributed by atoms with Gasteiger partial charge in [0.15, 0.2) is 0 Å². The molecule has 0 aromatic heterocycles. The van der Waals surface area contributed by atoms with E-state index in [9.17, 15) is 0 Å². The van der Waals surface area contributed by atoms with Crippen LogP contribution in [-0.2, 0) is 0 Å². The van der Waals surface area contributed by atoms with Crippen molar-refractivity contribution in [2.75, 3.05) is 11.9 Å². The van der Waals surface area contributed by atoms with Crippen molar-refractivity contribution in [1.29, 1.82) is 0 Å². The average Bonchev–Trinajstić information content (AvgIpc) is 2.82. The minimum absolute atomic E-state index is 1.18. The van der Waals surface area contributed by atoms with Crippen LogP contribution in [0.4, 0.5) is 11.4 Å². The summed E-state index contributed by atoms with van der Waals surface area (Å²) in [6, 6.07) is 38.7. The first-order chi connectivity index (χ1) is 14.8. The summed E-state index contributed by atoms with van der Waals surface area (Å²) in [5, 5.41) is 5.07. The van der Waals surface area contributed by atoms with Gasteiger partial charge in [0.25, 0.3) is 0 Å². The molecule has 0 amide bonds. The second-order valence-electron chi connectivity index (χ2n) is 7.59. The lowest BCUT2D eigenvalue weighted by Gasteiger charge is -2.21. The molecule has 5 aromatic rings. The van der Waals surface area contributed by atoms with Gasteiger partial charge >= 0.3 is 0 Å². The zero-order valence-electron chi connectivity index (χ0n) is 17.0. The molecular formula is C29H23N. The van der Waals surface area contributed by atoms with Crippen molar-refractivity contribution >= 4 is 45.1 Å². The Kier molecular flexibility index (Phi) is 4.78. The molecule has 0 saturated carbocycles. The van der Waals surface area contributed by atoms with Crippen molar-refractivity contribution in [2.24, 2.45) is 0 Å². The largest absolute Gasteiger partial charge is 0.344 e. The fraction of sp³-hybridized carbons (Fsp3) is 0.0345. The highest BCUT2D eigenvalue weighted by molar-refractivity contribution is 5.96. The number of fused-ring (bicyclic) bond motifs is 2. The number of rotatable bonds is 4. The molecule has 0 fully saturated rings. The van der Waals surface area contributed by atoms with Crippen molar-refractivity contribution < 1.29 is 0 Å². The summed E-state index contributed by atoms with van der Waals surface area (Å²) in [5.41, 5.74) is 4.80. The summed E-state index contributed by atoms with van der Waals surface area (Å²) in [6.45, 7) is 0. The molecule has 0 heterocycles. The Labute approximate surface area is 177 Å². The van der Waals surface area contributed by atoms with E-state index in [2.05, 4.69) is 133 Å².